The van der Waals surface area contributed by atoms with Crippen LogP contribution >= 0.6 is 11.6 Å². The third-order valence-corrected chi connectivity index (χ3v) is 4.31. The van der Waals surface area contributed by atoms with Gasteiger partial charge in [-0.1, -0.05) is 23.7 Å². The highest BCUT2D eigenvalue weighted by molar-refractivity contribution is 6.53. The summed E-state index contributed by atoms with van der Waals surface area (Å²) >= 11 is 6.15. The van der Waals surface area contributed by atoms with Crippen LogP contribution in [0.4, 0.5) is 11.4 Å². The monoisotopic (exact) mass is 372 g/mol. The van der Waals surface area contributed by atoms with Crippen LogP contribution < -0.4 is 19.7 Å². The molecule has 3 rings (SSSR count). The highest BCUT2D eigenvalue weighted by Gasteiger charge is 2.39. The molecule has 1 aliphatic heterocycles. The van der Waals surface area contributed by atoms with Crippen LogP contribution in [0.5, 0.6) is 11.5 Å². The lowest BCUT2D eigenvalue weighted by Crippen LogP contribution is -2.32. The number of rotatable bonds is 5. The summed E-state index contributed by atoms with van der Waals surface area (Å²) in [4.78, 5) is 26.4. The molecule has 1 N–H and O–H groups in total. The van der Waals surface area contributed by atoms with E-state index >= 15 is 0 Å². The maximum Gasteiger partial charge on any atom is 0.283 e. The van der Waals surface area contributed by atoms with E-state index < -0.39 is 11.8 Å². The van der Waals surface area contributed by atoms with Crippen molar-refractivity contribution < 1.29 is 19.1 Å². The van der Waals surface area contributed by atoms with E-state index in [0.717, 1.165) is 10.5 Å². The first-order valence-corrected chi connectivity index (χ1v) is 8.18. The minimum Gasteiger partial charge on any atom is -0.497 e. The molecule has 0 aliphatic carbocycles. The number of nitrogens with one attached hydrogen (secondary N) is 1. The first-order chi connectivity index (χ1) is 12.5. The van der Waals surface area contributed by atoms with Gasteiger partial charge in [-0.2, -0.15) is 0 Å². The minimum atomic E-state index is -0.572. The summed E-state index contributed by atoms with van der Waals surface area (Å²) in [6.07, 6.45) is 0. The van der Waals surface area contributed by atoms with Gasteiger partial charge in [-0.25, -0.2) is 4.90 Å². The maximum absolute atomic E-state index is 12.8. The van der Waals surface area contributed by atoms with Crippen LogP contribution in [-0.4, -0.2) is 26.0 Å². The standard InChI is InChI=1S/C19H17ClN2O4/c1-11-5-4-6-12(9-11)22-18(23)16(20)17(19(22)24)21-14-8-7-13(25-2)10-15(14)26-3/h4-10,21H,1-3H3. The fourth-order valence-corrected chi connectivity index (χ4v) is 2.86. The molecule has 26 heavy (non-hydrogen) atoms. The van der Waals surface area contributed by atoms with Crippen molar-refractivity contribution in [3.63, 3.8) is 0 Å². The summed E-state index contributed by atoms with van der Waals surface area (Å²) in [6.45, 7) is 1.88. The van der Waals surface area contributed by atoms with Crippen LogP contribution in [-0.2, 0) is 9.59 Å². The molecule has 0 aromatic heterocycles. The molecule has 1 aliphatic rings. The normalized spacial score (nSPS) is 14.1. The lowest BCUT2D eigenvalue weighted by Gasteiger charge is -2.16. The van der Waals surface area contributed by atoms with Crippen molar-refractivity contribution in [3.05, 3.63) is 58.8 Å². The molecule has 0 saturated carbocycles. The predicted molar refractivity (Wildman–Crippen MR) is 99.7 cm³/mol. The molecule has 7 heteroatoms. The topological polar surface area (TPSA) is 67.9 Å². The highest BCUT2D eigenvalue weighted by atomic mass is 35.5. The van der Waals surface area contributed by atoms with E-state index in [4.69, 9.17) is 21.1 Å². The van der Waals surface area contributed by atoms with E-state index in [9.17, 15) is 9.59 Å². The van der Waals surface area contributed by atoms with E-state index in [1.807, 2.05) is 13.0 Å². The molecule has 0 unspecified atom stereocenters. The first kappa shape index (κ1) is 17.8. The number of methoxy groups -OCH3 is 2. The van der Waals surface area contributed by atoms with Crippen molar-refractivity contribution in [1.82, 2.24) is 0 Å². The van der Waals surface area contributed by atoms with E-state index in [-0.39, 0.29) is 10.7 Å². The van der Waals surface area contributed by atoms with Gasteiger partial charge in [-0.05, 0) is 36.8 Å². The van der Waals surface area contributed by atoms with E-state index in [1.165, 1.54) is 7.11 Å². The zero-order valence-electron chi connectivity index (χ0n) is 14.5. The summed E-state index contributed by atoms with van der Waals surface area (Å²) in [5.41, 5.74) is 1.89. The Labute approximate surface area is 156 Å². The Morgan fingerprint density at radius 3 is 2.42 bits per heavy atom. The molecule has 1 heterocycles. The zero-order valence-corrected chi connectivity index (χ0v) is 15.3. The molecule has 0 atom stereocenters. The second kappa shape index (κ2) is 7.09. The molecular weight excluding hydrogens is 356 g/mol. The average Bonchev–Trinajstić information content (AvgIpc) is 2.85. The molecule has 6 nitrogen and oxygen atoms in total. The van der Waals surface area contributed by atoms with E-state index in [1.54, 1.807) is 43.5 Å². The summed E-state index contributed by atoms with van der Waals surface area (Å²) < 4.78 is 10.5. The highest BCUT2D eigenvalue weighted by Crippen LogP contribution is 2.34. The van der Waals surface area contributed by atoms with Gasteiger partial charge in [0, 0.05) is 6.07 Å². The molecule has 134 valence electrons. The second-order valence-corrected chi connectivity index (χ2v) is 6.04. The second-order valence-electron chi connectivity index (χ2n) is 5.66. The molecular formula is C19H17ClN2O4. The molecule has 0 bridgehead atoms. The van der Waals surface area contributed by atoms with Gasteiger partial charge in [0.25, 0.3) is 11.8 Å². The summed E-state index contributed by atoms with van der Waals surface area (Å²) in [5, 5.41) is 2.74. The van der Waals surface area contributed by atoms with Gasteiger partial charge in [0.1, 0.15) is 22.2 Å². The number of benzene rings is 2. The van der Waals surface area contributed by atoms with Gasteiger partial charge in [0.2, 0.25) is 0 Å². The Morgan fingerprint density at radius 2 is 1.77 bits per heavy atom. The fourth-order valence-electron chi connectivity index (χ4n) is 2.65. The number of aryl methyl sites for hydroxylation is 1. The predicted octanol–water partition coefficient (Wildman–Crippen LogP) is 3.45. The van der Waals surface area contributed by atoms with Crippen molar-refractivity contribution in [3.8, 4) is 11.5 Å². The van der Waals surface area contributed by atoms with Crippen LogP contribution in [0, 0.1) is 6.92 Å². The number of hydrogen-bond donors (Lipinski definition) is 1. The Balaban J connectivity index is 1.94. The van der Waals surface area contributed by atoms with Crippen molar-refractivity contribution >= 4 is 34.8 Å². The molecule has 2 aromatic rings. The lowest BCUT2D eigenvalue weighted by atomic mass is 10.2. The van der Waals surface area contributed by atoms with Gasteiger partial charge >= 0.3 is 0 Å². The molecule has 0 fully saturated rings. The Bertz CT molecular complexity index is 924. The fraction of sp³-hybridized carbons (Fsp3) is 0.158. The van der Waals surface area contributed by atoms with Crippen LogP contribution in [0.15, 0.2) is 53.2 Å². The smallest absolute Gasteiger partial charge is 0.283 e. The maximum atomic E-state index is 12.8. The van der Waals surface area contributed by atoms with Gasteiger partial charge in [-0.15, -0.1) is 0 Å². The molecule has 0 saturated heterocycles. The zero-order chi connectivity index (χ0) is 18.8. The minimum absolute atomic E-state index is 0.00152. The number of ether oxygens (including phenoxy) is 2. The van der Waals surface area contributed by atoms with Crippen LogP contribution in [0.1, 0.15) is 5.56 Å². The van der Waals surface area contributed by atoms with Gasteiger partial charge in [-0.3, -0.25) is 9.59 Å². The summed E-state index contributed by atoms with van der Waals surface area (Å²) in [5.74, 6) is -0.0426. The molecule has 0 spiro atoms. The van der Waals surface area contributed by atoms with E-state index in [0.29, 0.717) is 22.9 Å². The summed E-state index contributed by atoms with van der Waals surface area (Å²) in [7, 11) is 3.04. The third kappa shape index (κ3) is 3.11. The van der Waals surface area contributed by atoms with Gasteiger partial charge in [0.05, 0.1) is 25.6 Å². The van der Waals surface area contributed by atoms with Crippen molar-refractivity contribution in [2.75, 3.05) is 24.4 Å². The quantitative estimate of drug-likeness (QED) is 0.814. The average molecular weight is 373 g/mol. The van der Waals surface area contributed by atoms with Crippen molar-refractivity contribution in [1.29, 1.82) is 0 Å². The number of imide groups is 1. The number of carbonyl (C=O) groups is 2. The molecule has 0 radical (unpaired) electrons. The number of carbonyl (C=O) groups excluding carboxylic acids is 2. The van der Waals surface area contributed by atoms with Crippen molar-refractivity contribution in [2.45, 2.75) is 6.92 Å². The van der Waals surface area contributed by atoms with Gasteiger partial charge < -0.3 is 14.8 Å². The van der Waals surface area contributed by atoms with Gasteiger partial charge in [0.15, 0.2) is 0 Å². The third-order valence-electron chi connectivity index (χ3n) is 3.96. The van der Waals surface area contributed by atoms with Crippen LogP contribution in [0.2, 0.25) is 0 Å². The molecule has 2 amide bonds. The number of amides is 2. The Morgan fingerprint density at radius 1 is 1.00 bits per heavy atom. The van der Waals surface area contributed by atoms with E-state index in [2.05, 4.69) is 5.32 Å². The Hall–Kier alpha value is -2.99. The number of anilines is 2. The van der Waals surface area contributed by atoms with Crippen LogP contribution in [0.3, 0.4) is 0 Å². The first-order valence-electron chi connectivity index (χ1n) is 7.80. The van der Waals surface area contributed by atoms with Crippen LogP contribution in [0.25, 0.3) is 0 Å². The Kier molecular flexibility index (Phi) is 4.86. The largest absolute Gasteiger partial charge is 0.497 e. The van der Waals surface area contributed by atoms with Crippen molar-refractivity contribution in [2.24, 2.45) is 0 Å². The number of nitrogens with zero attached hydrogens (tertiary/aromatic N) is 1. The summed E-state index contributed by atoms with van der Waals surface area (Å²) in [6, 6.07) is 12.1. The number of halogens is 1. The SMILES string of the molecule is COc1ccc(NC2=C(Cl)C(=O)N(c3cccc(C)c3)C2=O)c(OC)c1. The lowest BCUT2D eigenvalue weighted by molar-refractivity contribution is -0.120. The number of hydrogen-bond acceptors (Lipinski definition) is 5. The molecule has 2 aromatic carbocycles.